The van der Waals surface area contributed by atoms with E-state index in [2.05, 4.69) is 17.5 Å². The summed E-state index contributed by atoms with van der Waals surface area (Å²) in [7, 11) is 0. The van der Waals surface area contributed by atoms with E-state index in [4.69, 9.17) is 9.72 Å². The van der Waals surface area contributed by atoms with Gasteiger partial charge in [-0.25, -0.2) is 4.98 Å². The van der Waals surface area contributed by atoms with Crippen LogP contribution >= 0.6 is 23.1 Å². The van der Waals surface area contributed by atoms with Gasteiger partial charge in [0, 0.05) is 10.3 Å². The van der Waals surface area contributed by atoms with Gasteiger partial charge < -0.3 is 10.1 Å². The first kappa shape index (κ1) is 20.7. The first-order valence-electron chi connectivity index (χ1n) is 10.1. The Labute approximate surface area is 184 Å². The Balaban J connectivity index is 1.46. The number of aryl methyl sites for hydroxylation is 2. The van der Waals surface area contributed by atoms with Crippen LogP contribution in [0, 0.1) is 18.3 Å². The average molecular weight is 438 g/mol. The molecule has 4 rings (SSSR count). The number of amides is 1. The van der Waals surface area contributed by atoms with Crippen LogP contribution in [0.3, 0.4) is 0 Å². The van der Waals surface area contributed by atoms with Gasteiger partial charge in [-0.2, -0.15) is 5.26 Å². The summed E-state index contributed by atoms with van der Waals surface area (Å²) in [6.07, 6.45) is 4.20. The van der Waals surface area contributed by atoms with Crippen LogP contribution in [0.4, 0.5) is 5.00 Å². The molecule has 7 heteroatoms. The molecule has 0 atom stereocenters. The first-order valence-corrected chi connectivity index (χ1v) is 11.9. The van der Waals surface area contributed by atoms with Gasteiger partial charge in [0.1, 0.15) is 21.8 Å². The van der Waals surface area contributed by atoms with E-state index >= 15 is 0 Å². The molecule has 0 bridgehead atoms. The second kappa shape index (κ2) is 9.07. The molecular formula is C23H23N3O2S2. The van der Waals surface area contributed by atoms with Crippen LogP contribution in [0.1, 0.15) is 41.3 Å². The Hall–Kier alpha value is -2.56. The van der Waals surface area contributed by atoms with Crippen LogP contribution in [-0.2, 0) is 17.6 Å². The number of carbonyl (C=O) groups excluding carboxylic acids is 1. The maximum absolute atomic E-state index is 12.6. The molecule has 1 aliphatic carbocycles. The number of aromatic nitrogens is 1. The fourth-order valence-corrected chi connectivity index (χ4v) is 5.76. The highest BCUT2D eigenvalue weighted by atomic mass is 32.2. The smallest absolute Gasteiger partial charge is 0.235 e. The van der Waals surface area contributed by atoms with Gasteiger partial charge >= 0.3 is 0 Å². The molecule has 30 heavy (non-hydrogen) atoms. The molecule has 2 heterocycles. The third-order valence-corrected chi connectivity index (χ3v) is 7.42. The number of benzene rings is 1. The van der Waals surface area contributed by atoms with E-state index in [1.807, 2.05) is 32.0 Å². The predicted molar refractivity (Wildman–Crippen MR) is 123 cm³/mol. The lowest BCUT2D eigenvalue weighted by atomic mass is 9.96. The molecule has 0 fully saturated rings. The lowest BCUT2D eigenvalue weighted by molar-refractivity contribution is -0.113. The summed E-state index contributed by atoms with van der Waals surface area (Å²) >= 11 is 2.97. The first-order chi connectivity index (χ1) is 14.6. The van der Waals surface area contributed by atoms with Gasteiger partial charge in [0.15, 0.2) is 0 Å². The summed E-state index contributed by atoms with van der Waals surface area (Å²) in [5, 5.41) is 15.1. The van der Waals surface area contributed by atoms with E-state index in [1.54, 1.807) is 11.3 Å². The number of hydrogen-bond donors (Lipinski definition) is 1. The van der Waals surface area contributed by atoms with Crippen molar-refractivity contribution < 1.29 is 9.53 Å². The minimum Gasteiger partial charge on any atom is -0.494 e. The molecule has 1 aliphatic rings. The van der Waals surface area contributed by atoms with E-state index < -0.39 is 0 Å². The maximum atomic E-state index is 12.6. The van der Waals surface area contributed by atoms with Crippen LogP contribution in [0.5, 0.6) is 5.75 Å². The van der Waals surface area contributed by atoms with E-state index in [0.717, 1.165) is 58.5 Å². The largest absolute Gasteiger partial charge is 0.494 e. The number of anilines is 1. The summed E-state index contributed by atoms with van der Waals surface area (Å²) in [6.45, 7) is 4.59. The Morgan fingerprint density at radius 1 is 1.33 bits per heavy atom. The quantitative estimate of drug-likeness (QED) is 0.517. The predicted octanol–water partition coefficient (Wildman–Crippen LogP) is 5.48. The highest BCUT2D eigenvalue weighted by Gasteiger charge is 2.22. The molecular weight excluding hydrogens is 414 g/mol. The van der Waals surface area contributed by atoms with Crippen molar-refractivity contribution in [3.63, 3.8) is 0 Å². The summed E-state index contributed by atoms with van der Waals surface area (Å²) < 4.78 is 5.56. The molecule has 0 aliphatic heterocycles. The van der Waals surface area contributed by atoms with Crippen LogP contribution in [0.2, 0.25) is 0 Å². The Bertz CT molecular complexity index is 1150. The van der Waals surface area contributed by atoms with Crippen molar-refractivity contribution in [3.05, 3.63) is 45.8 Å². The van der Waals surface area contributed by atoms with Crippen molar-refractivity contribution in [3.8, 4) is 11.8 Å². The van der Waals surface area contributed by atoms with Crippen LogP contribution in [0.15, 0.2) is 29.3 Å². The van der Waals surface area contributed by atoms with Crippen molar-refractivity contribution in [1.29, 1.82) is 5.26 Å². The van der Waals surface area contributed by atoms with Crippen molar-refractivity contribution in [1.82, 2.24) is 4.98 Å². The lowest BCUT2D eigenvalue weighted by Crippen LogP contribution is -2.14. The number of pyridine rings is 1. The number of nitriles is 1. The van der Waals surface area contributed by atoms with E-state index in [0.29, 0.717) is 17.2 Å². The fourth-order valence-electron chi connectivity index (χ4n) is 3.71. The molecule has 3 aromatic rings. The van der Waals surface area contributed by atoms with Crippen LogP contribution in [-0.4, -0.2) is 23.3 Å². The van der Waals surface area contributed by atoms with Crippen molar-refractivity contribution in [2.75, 3.05) is 17.7 Å². The van der Waals surface area contributed by atoms with Gasteiger partial charge in [-0.3, -0.25) is 4.79 Å². The number of rotatable bonds is 6. The number of thioether (sulfide) groups is 1. The van der Waals surface area contributed by atoms with E-state index in [-0.39, 0.29) is 11.7 Å². The second-order valence-corrected chi connectivity index (χ2v) is 9.33. The maximum Gasteiger partial charge on any atom is 0.235 e. The Kier molecular flexibility index (Phi) is 6.26. The van der Waals surface area contributed by atoms with Crippen molar-refractivity contribution >= 4 is 44.9 Å². The minimum absolute atomic E-state index is 0.108. The minimum atomic E-state index is -0.108. The SMILES string of the molecule is CCOc1ccc2nc(SCC(=O)Nc3sc4c(c3C#N)CCCC4)c(C)cc2c1. The van der Waals surface area contributed by atoms with Gasteiger partial charge in [0.05, 0.1) is 23.4 Å². The number of nitrogens with one attached hydrogen (secondary N) is 1. The Morgan fingerprint density at radius 2 is 2.17 bits per heavy atom. The molecule has 0 spiro atoms. The van der Waals surface area contributed by atoms with Gasteiger partial charge in [-0.15, -0.1) is 11.3 Å². The zero-order valence-corrected chi connectivity index (χ0v) is 18.7. The molecule has 1 aromatic carbocycles. The molecule has 0 saturated heterocycles. The van der Waals surface area contributed by atoms with Gasteiger partial charge in [0.25, 0.3) is 0 Å². The van der Waals surface area contributed by atoms with E-state index in [9.17, 15) is 10.1 Å². The number of thiophene rings is 1. The topological polar surface area (TPSA) is 75.0 Å². The van der Waals surface area contributed by atoms with E-state index in [1.165, 1.54) is 16.6 Å². The molecule has 1 N–H and O–H groups in total. The highest BCUT2D eigenvalue weighted by molar-refractivity contribution is 8.00. The molecule has 5 nitrogen and oxygen atoms in total. The number of carbonyl (C=O) groups is 1. The van der Waals surface area contributed by atoms with Gasteiger partial charge in [-0.05, 0) is 74.9 Å². The number of hydrogen-bond acceptors (Lipinski definition) is 6. The van der Waals surface area contributed by atoms with Gasteiger partial charge in [-0.1, -0.05) is 11.8 Å². The monoisotopic (exact) mass is 437 g/mol. The standard InChI is InChI=1S/C23H23N3O2S2/c1-3-28-16-8-9-19-15(11-16)10-14(2)22(25-19)29-13-21(27)26-23-18(12-24)17-6-4-5-7-20(17)30-23/h8-11H,3-7,13H2,1-2H3,(H,26,27). The summed E-state index contributed by atoms with van der Waals surface area (Å²) in [6, 6.07) is 10.2. The average Bonchev–Trinajstić information content (AvgIpc) is 3.09. The zero-order valence-electron chi connectivity index (χ0n) is 17.1. The third-order valence-electron chi connectivity index (χ3n) is 5.12. The number of nitrogens with zero attached hydrogens (tertiary/aromatic N) is 2. The van der Waals surface area contributed by atoms with Crippen molar-refractivity contribution in [2.24, 2.45) is 0 Å². The van der Waals surface area contributed by atoms with Gasteiger partial charge in [0.2, 0.25) is 5.91 Å². The summed E-state index contributed by atoms with van der Waals surface area (Å²) in [4.78, 5) is 18.5. The highest BCUT2D eigenvalue weighted by Crippen LogP contribution is 2.37. The zero-order chi connectivity index (χ0) is 21.1. The summed E-state index contributed by atoms with van der Waals surface area (Å²) in [5.74, 6) is 0.977. The summed E-state index contributed by atoms with van der Waals surface area (Å²) in [5.41, 5.74) is 3.69. The number of fused-ring (bicyclic) bond motifs is 2. The third kappa shape index (κ3) is 4.30. The lowest BCUT2D eigenvalue weighted by Gasteiger charge is -2.09. The molecule has 0 saturated carbocycles. The van der Waals surface area contributed by atoms with Crippen LogP contribution < -0.4 is 10.1 Å². The molecule has 0 radical (unpaired) electrons. The molecule has 154 valence electrons. The molecule has 1 amide bonds. The Morgan fingerprint density at radius 3 is 2.97 bits per heavy atom. The van der Waals surface area contributed by atoms with Crippen molar-refractivity contribution in [2.45, 2.75) is 44.6 Å². The van der Waals surface area contributed by atoms with Crippen LogP contribution in [0.25, 0.3) is 10.9 Å². The number of ether oxygens (including phenoxy) is 1. The normalized spacial score (nSPS) is 13.0. The second-order valence-electron chi connectivity index (χ2n) is 7.26. The fraction of sp³-hybridized carbons (Fsp3) is 0.348. The molecule has 0 unspecified atom stereocenters. The molecule has 2 aromatic heterocycles.